The molecular weight excluding hydrogens is 459 g/mol. The molecule has 1 aliphatic heterocycles. The zero-order valence-electron chi connectivity index (χ0n) is 23.8. The van der Waals surface area contributed by atoms with E-state index in [-0.39, 0.29) is 36.4 Å². The number of carbonyl (C=O) groups is 2. The van der Waals surface area contributed by atoms with Crippen LogP contribution in [0, 0.1) is 17.3 Å². The minimum atomic E-state index is -0.243. The van der Waals surface area contributed by atoms with Crippen LogP contribution in [0.3, 0.4) is 0 Å². The zero-order chi connectivity index (χ0) is 26.1. The van der Waals surface area contributed by atoms with Crippen molar-refractivity contribution in [2.45, 2.75) is 147 Å². The van der Waals surface area contributed by atoms with Crippen molar-refractivity contribution in [1.29, 1.82) is 0 Å². The number of rotatable bonds is 8. The number of carbonyl (C=O) groups excluding carboxylic acids is 2. The second-order valence-electron chi connectivity index (χ2n) is 12.9. The second-order valence-corrected chi connectivity index (χ2v) is 12.9. The fourth-order valence-corrected chi connectivity index (χ4v) is 8.09. The first-order valence-electron chi connectivity index (χ1n) is 15.8. The molecule has 2 saturated carbocycles. The Morgan fingerprint density at radius 1 is 0.946 bits per heavy atom. The number of fused-ring (bicyclic) bond motifs is 5. The molecule has 3 fully saturated rings. The van der Waals surface area contributed by atoms with E-state index >= 15 is 0 Å². The van der Waals surface area contributed by atoms with Gasteiger partial charge in [0.15, 0.2) is 5.78 Å². The first-order chi connectivity index (χ1) is 17.9. The van der Waals surface area contributed by atoms with Crippen molar-refractivity contribution in [3.05, 3.63) is 12.2 Å². The van der Waals surface area contributed by atoms with Gasteiger partial charge in [0.25, 0.3) is 0 Å². The Morgan fingerprint density at radius 3 is 2.41 bits per heavy atom. The number of nitrogens with one attached hydrogen (secondary N) is 2. The Kier molecular flexibility index (Phi) is 10.7. The van der Waals surface area contributed by atoms with Crippen LogP contribution in [0.25, 0.3) is 0 Å². The summed E-state index contributed by atoms with van der Waals surface area (Å²) in [6, 6.07) is -0.0367. The average Bonchev–Trinajstić information content (AvgIpc) is 3.22. The maximum atomic E-state index is 13.8. The van der Waals surface area contributed by atoms with Crippen molar-refractivity contribution in [2.75, 3.05) is 6.54 Å². The summed E-state index contributed by atoms with van der Waals surface area (Å²) in [5.74, 6) is 1.54. The van der Waals surface area contributed by atoms with E-state index in [0.29, 0.717) is 24.2 Å². The van der Waals surface area contributed by atoms with Crippen LogP contribution in [-0.2, 0) is 9.45 Å². The molecule has 0 aromatic heterocycles. The van der Waals surface area contributed by atoms with E-state index in [1.807, 2.05) is 0 Å². The molecule has 5 atom stereocenters. The van der Waals surface area contributed by atoms with Gasteiger partial charge in [-0.3, -0.25) is 9.59 Å². The van der Waals surface area contributed by atoms with Crippen LogP contribution in [0.4, 0.5) is 4.79 Å². The lowest BCUT2D eigenvalue weighted by molar-refractivity contribution is -0.129. The lowest BCUT2D eigenvalue weighted by Crippen LogP contribution is -2.51. The molecule has 37 heavy (non-hydrogen) atoms. The molecule has 0 radical (unpaired) electrons. The third-order valence-electron chi connectivity index (χ3n) is 10.6. The number of ketones is 1. The van der Waals surface area contributed by atoms with Gasteiger partial charge < -0.3 is 15.3 Å². The summed E-state index contributed by atoms with van der Waals surface area (Å²) >= 11 is 0. The predicted octanol–water partition coefficient (Wildman–Crippen LogP) is 6.59. The molecule has 0 aromatic rings. The van der Waals surface area contributed by atoms with Gasteiger partial charge >= 0.3 is 7.48 Å². The molecule has 5 unspecified atom stereocenters. The van der Waals surface area contributed by atoms with Gasteiger partial charge in [0, 0.05) is 23.6 Å². The number of allylic oxidation sites excluding steroid dienone is 2. The highest BCUT2D eigenvalue weighted by molar-refractivity contribution is 6.68. The van der Waals surface area contributed by atoms with Crippen molar-refractivity contribution in [1.82, 2.24) is 10.6 Å². The van der Waals surface area contributed by atoms with E-state index in [2.05, 4.69) is 36.6 Å². The summed E-state index contributed by atoms with van der Waals surface area (Å²) in [5, 5.41) is 6.93. The summed E-state index contributed by atoms with van der Waals surface area (Å²) in [6.07, 6.45) is 25.9. The molecule has 1 amide bonds. The van der Waals surface area contributed by atoms with Crippen LogP contribution in [0.15, 0.2) is 12.2 Å². The fraction of sp³-hybridized carbons (Fsp3) is 0.871. The molecule has 4 aliphatic rings. The van der Waals surface area contributed by atoms with Crippen molar-refractivity contribution >= 4 is 19.1 Å². The van der Waals surface area contributed by atoms with Crippen LogP contribution < -0.4 is 10.6 Å². The molecule has 4 rings (SSSR count). The van der Waals surface area contributed by atoms with Crippen LogP contribution >= 0.6 is 0 Å². The minimum absolute atomic E-state index is 0.00268. The highest BCUT2D eigenvalue weighted by atomic mass is 16.4. The lowest BCUT2D eigenvalue weighted by Gasteiger charge is -2.39. The Hall–Kier alpha value is -1.14. The summed E-state index contributed by atoms with van der Waals surface area (Å²) in [4.78, 5) is 26.2. The number of unbranched alkanes of at least 4 members (excludes halogenated alkanes) is 1. The van der Waals surface area contributed by atoms with E-state index in [9.17, 15) is 9.59 Å². The first-order valence-corrected chi connectivity index (χ1v) is 15.8. The number of hydrogen-bond donors (Lipinski definition) is 2. The van der Waals surface area contributed by atoms with Crippen LogP contribution in [-0.4, -0.2) is 43.3 Å². The highest BCUT2D eigenvalue weighted by Gasteiger charge is 2.68. The molecule has 3 aliphatic carbocycles. The quantitative estimate of drug-likeness (QED) is 0.219. The van der Waals surface area contributed by atoms with E-state index in [0.717, 1.165) is 44.9 Å². The largest absolute Gasteiger partial charge is 0.427 e. The number of amides is 1. The molecule has 208 valence electrons. The minimum Gasteiger partial charge on any atom is -0.427 e. The summed E-state index contributed by atoms with van der Waals surface area (Å²) in [7, 11) is 0.183. The van der Waals surface area contributed by atoms with Gasteiger partial charge in [-0.25, -0.2) is 0 Å². The smallest absolute Gasteiger partial charge is 0.380 e. The van der Waals surface area contributed by atoms with Crippen molar-refractivity contribution < 1.29 is 14.2 Å². The Bertz CT molecular complexity index is 778. The van der Waals surface area contributed by atoms with E-state index in [1.54, 1.807) is 0 Å². The number of hydrogen-bond acceptors (Lipinski definition) is 4. The first kappa shape index (κ1) is 28.9. The Balaban J connectivity index is 1.17. The monoisotopic (exact) mass is 512 g/mol. The molecular formula is C31H53BN2O3. The summed E-state index contributed by atoms with van der Waals surface area (Å²) in [5.41, 5.74) is -0.328. The SMILES string of the molecule is CC12NC(CCCCNC(=O)BOC3CCCCCCCCC3)C(=O)C1(C)C1CCC/C=C\CCC2C1. The molecule has 0 spiro atoms. The van der Waals surface area contributed by atoms with E-state index in [4.69, 9.17) is 4.65 Å². The summed E-state index contributed by atoms with van der Waals surface area (Å²) in [6.45, 7) is 5.29. The molecule has 2 bridgehead atoms. The van der Waals surface area contributed by atoms with Gasteiger partial charge in [0.05, 0.1) is 6.04 Å². The molecule has 0 aromatic carbocycles. The fourth-order valence-electron chi connectivity index (χ4n) is 8.09. The molecule has 5 nitrogen and oxygen atoms in total. The highest BCUT2D eigenvalue weighted by Crippen LogP contribution is 2.60. The van der Waals surface area contributed by atoms with Crippen molar-refractivity contribution in [3.63, 3.8) is 0 Å². The van der Waals surface area contributed by atoms with Gasteiger partial charge in [-0.1, -0.05) is 64.0 Å². The van der Waals surface area contributed by atoms with Crippen molar-refractivity contribution in [2.24, 2.45) is 17.3 Å². The molecule has 1 saturated heterocycles. The summed E-state index contributed by atoms with van der Waals surface area (Å²) < 4.78 is 5.99. The van der Waals surface area contributed by atoms with Crippen LogP contribution in [0.1, 0.15) is 129 Å². The van der Waals surface area contributed by atoms with E-state index < -0.39 is 0 Å². The van der Waals surface area contributed by atoms with Crippen LogP contribution in [0.5, 0.6) is 0 Å². The molecule has 2 N–H and O–H groups in total. The normalized spacial score (nSPS) is 36.5. The zero-order valence-corrected chi connectivity index (χ0v) is 23.8. The Morgan fingerprint density at radius 2 is 1.65 bits per heavy atom. The second kappa shape index (κ2) is 13.8. The lowest BCUT2D eigenvalue weighted by atomic mass is 9.66. The van der Waals surface area contributed by atoms with E-state index in [1.165, 1.54) is 70.6 Å². The topological polar surface area (TPSA) is 67.4 Å². The predicted molar refractivity (Wildman–Crippen MR) is 153 cm³/mol. The molecule has 6 heteroatoms. The van der Waals surface area contributed by atoms with Gasteiger partial charge in [0.2, 0.25) is 5.81 Å². The molecule has 1 heterocycles. The third-order valence-corrected chi connectivity index (χ3v) is 10.6. The Labute approximate surface area is 227 Å². The van der Waals surface area contributed by atoms with Crippen molar-refractivity contribution in [3.8, 4) is 0 Å². The maximum Gasteiger partial charge on any atom is 0.380 e. The van der Waals surface area contributed by atoms with Gasteiger partial charge in [-0.2, -0.15) is 0 Å². The van der Waals surface area contributed by atoms with Crippen LogP contribution in [0.2, 0.25) is 0 Å². The third kappa shape index (κ3) is 6.90. The maximum absolute atomic E-state index is 13.8. The standard InChI is InChI=1S/C31H53BN2O3/c1-30-24-17-11-7-6-8-12-18-25(23-24)31(30,2)34-27(28(30)35)21-15-16-22-33-29(36)32-37-26-19-13-9-4-3-5-10-14-20-26/h6,8,24-27,32,34H,3-5,7,9-23H2,1-2H3,(H,33,36)/b8-6-. The van der Waals surface area contributed by atoms with Gasteiger partial charge in [-0.15, -0.1) is 0 Å². The van der Waals surface area contributed by atoms with Gasteiger partial charge in [0.1, 0.15) is 0 Å². The van der Waals surface area contributed by atoms with Gasteiger partial charge in [-0.05, 0) is 89.4 Å². The average molecular weight is 513 g/mol. The number of Topliss-reactive ketones (excluding diaryl/α,β-unsaturated/α-hetero) is 1.